The van der Waals surface area contributed by atoms with Crippen LogP contribution in [0.5, 0.6) is 0 Å². The van der Waals surface area contributed by atoms with Crippen LogP contribution in [0.25, 0.3) is 0 Å². The quantitative estimate of drug-likeness (QED) is 0.705. The number of rotatable bonds is 7. The summed E-state index contributed by atoms with van der Waals surface area (Å²) < 4.78 is 5.50. The summed E-state index contributed by atoms with van der Waals surface area (Å²) in [5.74, 6) is 0.614. The van der Waals surface area contributed by atoms with Gasteiger partial charge in [0.2, 0.25) is 5.91 Å². The van der Waals surface area contributed by atoms with Crippen molar-refractivity contribution in [3.8, 4) is 0 Å². The first-order chi connectivity index (χ1) is 10.2. The zero-order chi connectivity index (χ0) is 14.8. The molecule has 1 heterocycles. The van der Waals surface area contributed by atoms with Gasteiger partial charge in [0.05, 0.1) is 0 Å². The third-order valence-electron chi connectivity index (χ3n) is 6.14. The average Bonchev–Trinajstić information content (AvgIpc) is 3.15. The molecule has 0 aromatic carbocycles. The van der Waals surface area contributed by atoms with E-state index in [0.29, 0.717) is 22.7 Å². The lowest BCUT2D eigenvalue weighted by molar-refractivity contribution is -0.124. The zero-order valence-electron chi connectivity index (χ0n) is 13.8. The second-order valence-electron chi connectivity index (χ2n) is 7.39. The van der Waals surface area contributed by atoms with Crippen molar-refractivity contribution in [3.63, 3.8) is 0 Å². The molecule has 5 heteroatoms. The van der Waals surface area contributed by atoms with Gasteiger partial charge in [0.1, 0.15) is 0 Å². The lowest BCUT2D eigenvalue weighted by Crippen LogP contribution is -2.44. The molecule has 1 spiro atoms. The summed E-state index contributed by atoms with van der Waals surface area (Å²) in [5, 5.41) is 6.67. The van der Waals surface area contributed by atoms with E-state index in [2.05, 4.69) is 10.6 Å². The summed E-state index contributed by atoms with van der Waals surface area (Å²) in [6, 6.07) is 0. The van der Waals surface area contributed by atoms with Crippen LogP contribution in [-0.2, 0) is 9.53 Å². The van der Waals surface area contributed by atoms with Gasteiger partial charge in [0, 0.05) is 25.7 Å². The molecule has 1 aliphatic heterocycles. The molecule has 3 aliphatic rings. The highest BCUT2D eigenvalue weighted by atomic mass is 35.5. The van der Waals surface area contributed by atoms with E-state index in [1.807, 2.05) is 6.92 Å². The molecule has 0 aromatic heterocycles. The van der Waals surface area contributed by atoms with E-state index in [-0.39, 0.29) is 12.4 Å². The molecular formula is C17H31ClN2O2. The molecule has 3 rings (SSSR count). The van der Waals surface area contributed by atoms with E-state index >= 15 is 0 Å². The topological polar surface area (TPSA) is 50.4 Å². The summed E-state index contributed by atoms with van der Waals surface area (Å²) in [7, 11) is 0. The van der Waals surface area contributed by atoms with Crippen LogP contribution >= 0.6 is 12.4 Å². The van der Waals surface area contributed by atoms with Crippen LogP contribution in [0.4, 0.5) is 0 Å². The minimum absolute atomic E-state index is 0. The van der Waals surface area contributed by atoms with E-state index in [0.717, 1.165) is 45.7 Å². The molecule has 1 amide bonds. The first-order valence-electron chi connectivity index (χ1n) is 8.76. The van der Waals surface area contributed by atoms with Crippen molar-refractivity contribution < 1.29 is 9.53 Å². The van der Waals surface area contributed by atoms with Gasteiger partial charge >= 0.3 is 0 Å². The Labute approximate surface area is 140 Å². The zero-order valence-corrected chi connectivity index (χ0v) is 14.6. The maximum Gasteiger partial charge on any atom is 0.223 e. The number of ether oxygens (including phenoxy) is 1. The summed E-state index contributed by atoms with van der Waals surface area (Å²) in [6.45, 7) is 6.71. The first-order valence-corrected chi connectivity index (χ1v) is 8.76. The smallest absolute Gasteiger partial charge is 0.223 e. The number of piperidine rings is 1. The number of hydrogen-bond donors (Lipinski definition) is 2. The van der Waals surface area contributed by atoms with Gasteiger partial charge in [0.25, 0.3) is 0 Å². The van der Waals surface area contributed by atoms with E-state index in [1.54, 1.807) is 0 Å². The van der Waals surface area contributed by atoms with Crippen LogP contribution in [0.1, 0.15) is 51.9 Å². The van der Waals surface area contributed by atoms with Crippen LogP contribution in [0, 0.1) is 16.7 Å². The minimum Gasteiger partial charge on any atom is -0.382 e. The van der Waals surface area contributed by atoms with Gasteiger partial charge in [-0.3, -0.25) is 4.79 Å². The first kappa shape index (κ1) is 18.0. The molecule has 22 heavy (non-hydrogen) atoms. The summed E-state index contributed by atoms with van der Waals surface area (Å²) >= 11 is 0. The van der Waals surface area contributed by atoms with Gasteiger partial charge in [-0.15, -0.1) is 12.4 Å². The predicted molar refractivity (Wildman–Crippen MR) is 90.3 cm³/mol. The van der Waals surface area contributed by atoms with Crippen LogP contribution in [0.2, 0.25) is 0 Å². The third kappa shape index (κ3) is 3.77. The Kier molecular flexibility index (Phi) is 6.14. The van der Waals surface area contributed by atoms with Crippen LogP contribution in [-0.4, -0.2) is 38.8 Å². The van der Waals surface area contributed by atoms with E-state index in [1.165, 1.54) is 32.1 Å². The maximum absolute atomic E-state index is 12.4. The third-order valence-corrected chi connectivity index (χ3v) is 6.14. The number of nitrogens with one attached hydrogen (secondary N) is 2. The second-order valence-corrected chi connectivity index (χ2v) is 7.39. The second kappa shape index (κ2) is 7.50. The Bertz CT molecular complexity index is 379. The van der Waals surface area contributed by atoms with Crippen molar-refractivity contribution in [1.82, 2.24) is 10.6 Å². The van der Waals surface area contributed by atoms with Gasteiger partial charge in [-0.2, -0.15) is 0 Å². The Balaban J connectivity index is 0.00000176. The lowest BCUT2D eigenvalue weighted by atomic mass is 9.66. The number of amides is 1. The Morgan fingerprint density at radius 3 is 2.59 bits per heavy atom. The molecule has 1 unspecified atom stereocenters. The van der Waals surface area contributed by atoms with Crippen molar-refractivity contribution >= 4 is 18.3 Å². The van der Waals surface area contributed by atoms with Crippen molar-refractivity contribution in [2.24, 2.45) is 16.7 Å². The molecular weight excluding hydrogens is 300 g/mol. The molecule has 2 saturated carbocycles. The predicted octanol–water partition coefficient (Wildman–Crippen LogP) is 2.51. The van der Waals surface area contributed by atoms with Crippen molar-refractivity contribution in [1.29, 1.82) is 0 Å². The monoisotopic (exact) mass is 330 g/mol. The van der Waals surface area contributed by atoms with Gasteiger partial charge in [0.15, 0.2) is 0 Å². The van der Waals surface area contributed by atoms with Crippen LogP contribution in [0.3, 0.4) is 0 Å². The minimum atomic E-state index is 0. The molecule has 0 radical (unpaired) electrons. The van der Waals surface area contributed by atoms with Gasteiger partial charge in [-0.05, 0) is 69.4 Å². The molecule has 1 atom stereocenters. The SMILES string of the molecule is CCOCCC1(CNC(=O)C2CC23CCNCC3)CCC1.Cl. The molecule has 2 aliphatic carbocycles. The summed E-state index contributed by atoms with van der Waals surface area (Å²) in [6.07, 6.45) is 8.38. The van der Waals surface area contributed by atoms with Crippen molar-refractivity contribution in [3.05, 3.63) is 0 Å². The van der Waals surface area contributed by atoms with Crippen LogP contribution in [0.15, 0.2) is 0 Å². The number of carbonyl (C=O) groups excluding carboxylic acids is 1. The maximum atomic E-state index is 12.4. The normalized spacial score (nSPS) is 27.6. The summed E-state index contributed by atoms with van der Waals surface area (Å²) in [4.78, 5) is 12.4. The van der Waals surface area contributed by atoms with Gasteiger partial charge in [-0.1, -0.05) is 6.42 Å². The number of halogens is 1. The standard InChI is InChI=1S/C17H30N2O2.ClH/c1-2-21-11-8-16(4-3-5-16)13-19-15(20)14-12-17(14)6-9-18-10-7-17;/h14,18H,2-13H2,1H3,(H,19,20);1H. The fourth-order valence-corrected chi connectivity index (χ4v) is 4.22. The molecule has 2 N–H and O–H groups in total. The highest BCUT2D eigenvalue weighted by Crippen LogP contribution is 2.58. The van der Waals surface area contributed by atoms with Crippen molar-refractivity contribution in [2.45, 2.75) is 51.9 Å². The molecule has 128 valence electrons. The fraction of sp³-hybridized carbons (Fsp3) is 0.941. The fourth-order valence-electron chi connectivity index (χ4n) is 4.22. The molecule has 1 saturated heterocycles. The Morgan fingerprint density at radius 2 is 2.00 bits per heavy atom. The van der Waals surface area contributed by atoms with Gasteiger partial charge in [-0.25, -0.2) is 0 Å². The molecule has 0 bridgehead atoms. The summed E-state index contributed by atoms with van der Waals surface area (Å²) in [5.41, 5.74) is 0.689. The van der Waals surface area contributed by atoms with Gasteiger partial charge < -0.3 is 15.4 Å². The van der Waals surface area contributed by atoms with E-state index in [9.17, 15) is 4.79 Å². The largest absolute Gasteiger partial charge is 0.382 e. The number of carbonyl (C=O) groups is 1. The molecule has 4 nitrogen and oxygen atoms in total. The number of hydrogen-bond acceptors (Lipinski definition) is 3. The lowest BCUT2D eigenvalue weighted by Gasteiger charge is -2.42. The highest BCUT2D eigenvalue weighted by Gasteiger charge is 2.57. The van der Waals surface area contributed by atoms with E-state index in [4.69, 9.17) is 4.74 Å². The molecule has 3 fully saturated rings. The molecule has 0 aromatic rings. The van der Waals surface area contributed by atoms with Crippen molar-refractivity contribution in [2.75, 3.05) is 32.8 Å². The van der Waals surface area contributed by atoms with Crippen LogP contribution < -0.4 is 10.6 Å². The highest BCUT2D eigenvalue weighted by molar-refractivity contribution is 5.85. The van der Waals surface area contributed by atoms with E-state index < -0.39 is 0 Å². The Hall–Kier alpha value is -0.320. The average molecular weight is 331 g/mol. The Morgan fingerprint density at radius 1 is 1.27 bits per heavy atom.